The molecule has 0 N–H and O–H groups in total. The fourth-order valence-corrected chi connectivity index (χ4v) is 7.66. The van der Waals surface area contributed by atoms with Gasteiger partial charge in [-0.2, -0.15) is 0 Å². The summed E-state index contributed by atoms with van der Waals surface area (Å²) in [5, 5.41) is 3.93. The lowest BCUT2D eigenvalue weighted by molar-refractivity contribution is 0.0507. The fourth-order valence-electron chi connectivity index (χ4n) is 6.20. The van der Waals surface area contributed by atoms with E-state index in [4.69, 9.17) is 18.9 Å². The third-order valence-electron chi connectivity index (χ3n) is 8.16. The molecule has 4 aliphatic rings. The zero-order valence-corrected chi connectivity index (χ0v) is 29.6. The first-order valence-electron chi connectivity index (χ1n) is 16.3. The van der Waals surface area contributed by atoms with Crippen LogP contribution in [-0.2, 0) is 18.9 Å². The Bertz CT molecular complexity index is 1860. The fraction of sp³-hybridized carbons (Fsp3) is 0.200. The topological polar surface area (TPSA) is 105 Å². The Balaban J connectivity index is 1.81. The largest absolute Gasteiger partial charge is 0.462 e. The monoisotopic (exact) mass is 706 g/mol. The molecule has 2 heterocycles. The van der Waals surface area contributed by atoms with Crippen LogP contribution in [0, 0.1) is 0 Å². The van der Waals surface area contributed by atoms with E-state index in [1.54, 1.807) is 74.6 Å². The number of hydrogen-bond donors (Lipinski definition) is 0. The van der Waals surface area contributed by atoms with E-state index in [1.165, 1.54) is 0 Å². The van der Waals surface area contributed by atoms with Crippen LogP contribution >= 0.6 is 22.7 Å². The van der Waals surface area contributed by atoms with E-state index in [1.807, 2.05) is 59.3 Å². The first kappa shape index (κ1) is 34.5. The summed E-state index contributed by atoms with van der Waals surface area (Å²) in [6.45, 7) is 6.88. The normalized spacial score (nSPS) is 11.0. The average molecular weight is 707 g/mol. The molecule has 0 spiro atoms. The number of thiophene rings is 2. The maximum atomic E-state index is 14.1. The van der Waals surface area contributed by atoms with E-state index >= 15 is 0 Å². The summed E-state index contributed by atoms with van der Waals surface area (Å²) < 4.78 is 22.4. The van der Waals surface area contributed by atoms with Crippen LogP contribution in [0.4, 0.5) is 0 Å². The molecule has 0 amide bonds. The van der Waals surface area contributed by atoms with Crippen molar-refractivity contribution < 1.29 is 38.1 Å². The Labute approximate surface area is 297 Å². The lowest BCUT2D eigenvalue weighted by Crippen LogP contribution is -2.13. The van der Waals surface area contributed by atoms with Crippen LogP contribution in [0.2, 0.25) is 0 Å². The number of carbonyl (C=O) groups is 4. The van der Waals surface area contributed by atoms with Crippen LogP contribution in [0.3, 0.4) is 0 Å². The summed E-state index contributed by atoms with van der Waals surface area (Å²) in [6.07, 6.45) is 0. The average Bonchev–Trinajstić information content (AvgIpc) is 3.88. The summed E-state index contributed by atoms with van der Waals surface area (Å²) >= 11 is 3.11. The van der Waals surface area contributed by atoms with Crippen molar-refractivity contribution in [2.24, 2.45) is 0 Å². The number of carbonyl (C=O) groups excluding carboxylic acids is 4. The van der Waals surface area contributed by atoms with Gasteiger partial charge in [-0.15, -0.1) is 22.7 Å². The summed E-state index contributed by atoms with van der Waals surface area (Å²) in [4.78, 5) is 58.4. The van der Waals surface area contributed by atoms with Crippen LogP contribution in [0.1, 0.15) is 69.1 Å². The minimum Gasteiger partial charge on any atom is -0.462 e. The smallest absolute Gasteiger partial charge is 0.339 e. The van der Waals surface area contributed by atoms with E-state index in [0.717, 1.165) is 20.9 Å². The molecule has 8 nitrogen and oxygen atoms in total. The number of ether oxygens (including phenoxy) is 4. The third kappa shape index (κ3) is 6.28. The number of fused-ring (bicyclic) bond motifs is 2. The van der Waals surface area contributed by atoms with Gasteiger partial charge in [0.25, 0.3) is 0 Å². The van der Waals surface area contributed by atoms with Crippen LogP contribution < -0.4 is 0 Å². The van der Waals surface area contributed by atoms with Gasteiger partial charge in [-0.1, -0.05) is 60.7 Å². The molecule has 0 atom stereocenters. The second-order valence-electron chi connectivity index (χ2n) is 11.0. The van der Waals surface area contributed by atoms with Crippen molar-refractivity contribution in [3.8, 4) is 54.3 Å². The van der Waals surface area contributed by atoms with Crippen molar-refractivity contribution in [3.05, 3.63) is 106 Å². The van der Waals surface area contributed by atoms with Gasteiger partial charge in [0.15, 0.2) is 0 Å². The number of hydrogen-bond acceptors (Lipinski definition) is 10. The number of esters is 4. The van der Waals surface area contributed by atoms with Gasteiger partial charge >= 0.3 is 23.9 Å². The molecule has 0 bridgehead atoms. The predicted octanol–water partition coefficient (Wildman–Crippen LogP) is 9.73. The highest BCUT2D eigenvalue weighted by atomic mass is 32.1. The Hall–Kier alpha value is -5.32. The summed E-state index contributed by atoms with van der Waals surface area (Å²) in [7, 11) is 0. The molecule has 0 unspecified atom stereocenters. The first-order valence-corrected chi connectivity index (χ1v) is 18.1. The molecule has 0 radical (unpaired) electrons. The second kappa shape index (κ2) is 15.1. The first-order chi connectivity index (χ1) is 24.3. The lowest BCUT2D eigenvalue weighted by Gasteiger charge is -2.12. The van der Waals surface area contributed by atoms with Gasteiger partial charge < -0.3 is 18.9 Å². The molecule has 254 valence electrons. The Morgan fingerprint density at radius 3 is 0.940 bits per heavy atom. The minimum atomic E-state index is -0.729. The van der Waals surface area contributed by atoms with Crippen molar-refractivity contribution in [1.82, 2.24) is 0 Å². The van der Waals surface area contributed by atoms with Crippen LogP contribution in [-0.4, -0.2) is 50.3 Å². The van der Waals surface area contributed by atoms with Crippen LogP contribution in [0.15, 0.2) is 83.6 Å². The second-order valence-corrected chi connectivity index (χ2v) is 12.9. The van der Waals surface area contributed by atoms with Gasteiger partial charge in [-0.25, -0.2) is 19.2 Å². The molecular weight excluding hydrogens is 673 g/mol. The van der Waals surface area contributed by atoms with E-state index in [2.05, 4.69) is 0 Å². The van der Waals surface area contributed by atoms with Crippen molar-refractivity contribution in [3.63, 3.8) is 0 Å². The van der Waals surface area contributed by atoms with Crippen LogP contribution in [0.25, 0.3) is 54.3 Å². The highest BCUT2D eigenvalue weighted by molar-refractivity contribution is 7.13. The standard InChI is InChI=1S/C40H34O8S2/c1-5-45-37(41)31-25-17-13-23(29-11-9-21-49-29)14-18-26(25)32(38(42)46-6-2)35(31)36-33(39(43)47-7-3)27-19-15-24(30-12-10-22-50-30)16-20-28(27)34(36)40(44)48-8-4/h9-22H,5-8H2,1-4H3. The van der Waals surface area contributed by atoms with E-state index in [9.17, 15) is 19.2 Å². The molecular formula is C40H34O8S2. The molecule has 6 rings (SSSR count). The zero-order valence-electron chi connectivity index (χ0n) is 28.0. The number of rotatable bonds is 11. The summed E-state index contributed by atoms with van der Waals surface area (Å²) in [5.74, 6) is -2.92. The molecule has 0 aliphatic heterocycles. The molecule has 0 fully saturated rings. The van der Waals surface area contributed by atoms with E-state index in [0.29, 0.717) is 22.3 Å². The van der Waals surface area contributed by atoms with Gasteiger partial charge in [0.2, 0.25) is 0 Å². The Morgan fingerprint density at radius 1 is 0.440 bits per heavy atom. The van der Waals surface area contributed by atoms with Crippen molar-refractivity contribution >= 4 is 46.6 Å². The molecule has 2 aromatic heterocycles. The van der Waals surface area contributed by atoms with Crippen molar-refractivity contribution in [1.29, 1.82) is 0 Å². The Kier molecular flexibility index (Phi) is 10.4. The molecule has 50 heavy (non-hydrogen) atoms. The Morgan fingerprint density at radius 2 is 0.720 bits per heavy atom. The third-order valence-corrected chi connectivity index (χ3v) is 9.99. The molecule has 2 aromatic rings. The summed E-state index contributed by atoms with van der Waals surface area (Å²) in [5.41, 5.74) is 3.49. The molecule has 4 aliphatic carbocycles. The minimum absolute atomic E-state index is 0.0216. The highest BCUT2D eigenvalue weighted by Gasteiger charge is 2.41. The van der Waals surface area contributed by atoms with Gasteiger partial charge in [-0.05, 0) is 84.0 Å². The lowest BCUT2D eigenvalue weighted by atomic mass is 9.95. The van der Waals surface area contributed by atoms with Crippen molar-refractivity contribution in [2.45, 2.75) is 27.7 Å². The summed E-state index contributed by atoms with van der Waals surface area (Å²) in [6, 6.07) is 22.3. The van der Waals surface area contributed by atoms with Crippen molar-refractivity contribution in [2.75, 3.05) is 26.4 Å². The van der Waals surface area contributed by atoms with Gasteiger partial charge in [-0.3, -0.25) is 0 Å². The predicted molar refractivity (Wildman–Crippen MR) is 196 cm³/mol. The van der Waals surface area contributed by atoms with Gasteiger partial charge in [0.1, 0.15) is 0 Å². The van der Waals surface area contributed by atoms with Gasteiger partial charge in [0.05, 0.1) is 48.7 Å². The maximum absolute atomic E-state index is 14.1. The van der Waals surface area contributed by atoms with E-state index < -0.39 is 23.9 Å². The maximum Gasteiger partial charge on any atom is 0.339 e. The molecule has 0 saturated carbocycles. The van der Waals surface area contributed by atoms with Crippen LogP contribution in [0.5, 0.6) is 0 Å². The molecule has 0 saturated heterocycles. The SMILES string of the molecule is CCOC(=O)c1c2ccc(-c3cccs3)ccc-2c(C(=O)OCC)c1-c1c(C(=O)OCC)c2ccc(-c3cccs3)ccc-2c1C(=O)OCC. The molecule has 0 aromatic carbocycles. The molecule has 10 heteroatoms. The van der Waals surface area contributed by atoms with E-state index in [-0.39, 0.29) is 59.8 Å². The van der Waals surface area contributed by atoms with Gasteiger partial charge in [0, 0.05) is 20.9 Å². The quantitative estimate of drug-likeness (QED) is 0.0969. The zero-order chi connectivity index (χ0) is 35.4. The highest BCUT2D eigenvalue weighted by Crippen LogP contribution is 2.51.